The van der Waals surface area contributed by atoms with Crippen LogP contribution >= 0.6 is 0 Å². The van der Waals surface area contributed by atoms with E-state index in [1.165, 1.54) is 21.4 Å². The van der Waals surface area contributed by atoms with Gasteiger partial charge in [0.25, 0.3) is 0 Å². The van der Waals surface area contributed by atoms with Crippen molar-refractivity contribution in [3.05, 3.63) is 12.4 Å². The summed E-state index contributed by atoms with van der Waals surface area (Å²) in [6, 6.07) is 0. The summed E-state index contributed by atoms with van der Waals surface area (Å²) in [5.41, 5.74) is 0. The summed E-state index contributed by atoms with van der Waals surface area (Å²) in [6.45, 7) is 2.83. The standard InChI is InChI=1S/C10H17N3O3S/c1-8-4-13(5-9(8)7-14)17(15,16)10-3-11-12(2)6-10/h3,6,8-9,14H,4-5,7H2,1-2H3/t8-,9+/m1/s1. The number of aryl methyl sites for hydroxylation is 1. The predicted molar refractivity (Wildman–Crippen MR) is 61.7 cm³/mol. The van der Waals surface area contributed by atoms with Gasteiger partial charge in [0.15, 0.2) is 0 Å². The van der Waals surface area contributed by atoms with Gasteiger partial charge in [0, 0.05) is 32.9 Å². The monoisotopic (exact) mass is 259 g/mol. The lowest BCUT2D eigenvalue weighted by atomic mass is 10.00. The highest BCUT2D eigenvalue weighted by Crippen LogP contribution is 2.27. The van der Waals surface area contributed by atoms with Crippen LogP contribution in [-0.4, -0.2) is 47.3 Å². The minimum atomic E-state index is -3.45. The molecular formula is C10H17N3O3S. The molecule has 1 aliphatic rings. The van der Waals surface area contributed by atoms with Gasteiger partial charge in [0.2, 0.25) is 10.0 Å². The lowest BCUT2D eigenvalue weighted by Crippen LogP contribution is -2.29. The Kier molecular flexibility index (Phi) is 3.24. The first-order valence-corrected chi connectivity index (χ1v) is 6.99. The number of hydrogen-bond donors (Lipinski definition) is 1. The van der Waals surface area contributed by atoms with E-state index in [0.29, 0.717) is 13.1 Å². The van der Waals surface area contributed by atoms with Gasteiger partial charge in [0.05, 0.1) is 6.20 Å². The van der Waals surface area contributed by atoms with Crippen LogP contribution < -0.4 is 0 Å². The summed E-state index contributed by atoms with van der Waals surface area (Å²) < 4.78 is 27.4. The fourth-order valence-corrected chi connectivity index (χ4v) is 3.68. The van der Waals surface area contributed by atoms with Crippen LogP contribution in [0.1, 0.15) is 6.92 Å². The number of aliphatic hydroxyl groups is 1. The summed E-state index contributed by atoms with van der Waals surface area (Å²) in [4.78, 5) is 0.214. The normalized spacial score (nSPS) is 26.5. The number of hydrogen-bond acceptors (Lipinski definition) is 4. The van der Waals surface area contributed by atoms with E-state index in [9.17, 15) is 8.42 Å². The van der Waals surface area contributed by atoms with Crippen molar-refractivity contribution in [3.63, 3.8) is 0 Å². The minimum absolute atomic E-state index is 0.0280. The SMILES string of the molecule is C[C@@H]1CN(S(=O)(=O)c2cnn(C)c2)C[C@H]1CO. The van der Waals surface area contributed by atoms with Crippen molar-refractivity contribution < 1.29 is 13.5 Å². The van der Waals surface area contributed by atoms with Crippen LogP contribution in [0.3, 0.4) is 0 Å². The van der Waals surface area contributed by atoms with Crippen LogP contribution in [0.15, 0.2) is 17.3 Å². The van der Waals surface area contributed by atoms with E-state index >= 15 is 0 Å². The molecule has 0 bridgehead atoms. The molecule has 0 radical (unpaired) electrons. The topological polar surface area (TPSA) is 75.4 Å². The second kappa shape index (κ2) is 4.40. The zero-order chi connectivity index (χ0) is 12.6. The van der Waals surface area contributed by atoms with Gasteiger partial charge in [-0.15, -0.1) is 0 Å². The van der Waals surface area contributed by atoms with Gasteiger partial charge in [-0.1, -0.05) is 6.92 Å². The van der Waals surface area contributed by atoms with E-state index in [2.05, 4.69) is 5.10 Å². The third-order valence-corrected chi connectivity index (χ3v) is 5.07. The van der Waals surface area contributed by atoms with Crippen molar-refractivity contribution in [2.24, 2.45) is 18.9 Å². The summed E-state index contributed by atoms with van der Waals surface area (Å²) in [7, 11) is -1.77. The number of nitrogens with zero attached hydrogens (tertiary/aromatic N) is 3. The first-order chi connectivity index (χ1) is 7.95. The van der Waals surface area contributed by atoms with Gasteiger partial charge in [-0.2, -0.15) is 9.40 Å². The first kappa shape index (κ1) is 12.5. The Morgan fingerprint density at radius 1 is 1.53 bits per heavy atom. The third kappa shape index (κ3) is 2.22. The van der Waals surface area contributed by atoms with E-state index in [1.54, 1.807) is 7.05 Å². The molecule has 96 valence electrons. The summed E-state index contributed by atoms with van der Waals surface area (Å²) in [5.74, 6) is 0.216. The number of sulfonamides is 1. The van der Waals surface area contributed by atoms with Gasteiger partial charge in [-0.3, -0.25) is 4.68 Å². The van der Waals surface area contributed by atoms with E-state index < -0.39 is 10.0 Å². The van der Waals surface area contributed by atoms with E-state index in [-0.39, 0.29) is 23.3 Å². The van der Waals surface area contributed by atoms with Crippen molar-refractivity contribution in [2.75, 3.05) is 19.7 Å². The van der Waals surface area contributed by atoms with Gasteiger partial charge >= 0.3 is 0 Å². The maximum Gasteiger partial charge on any atom is 0.246 e. The smallest absolute Gasteiger partial charge is 0.246 e. The van der Waals surface area contributed by atoms with Crippen molar-refractivity contribution in [1.82, 2.24) is 14.1 Å². The molecule has 2 atom stereocenters. The van der Waals surface area contributed by atoms with Crippen LogP contribution in [0.5, 0.6) is 0 Å². The number of rotatable bonds is 3. The summed E-state index contributed by atoms with van der Waals surface area (Å²) >= 11 is 0. The molecule has 1 aliphatic heterocycles. The van der Waals surface area contributed by atoms with Crippen LogP contribution in [0.25, 0.3) is 0 Å². The fraction of sp³-hybridized carbons (Fsp3) is 0.700. The zero-order valence-corrected chi connectivity index (χ0v) is 10.8. The minimum Gasteiger partial charge on any atom is -0.396 e. The molecule has 1 saturated heterocycles. The highest BCUT2D eigenvalue weighted by atomic mass is 32.2. The molecule has 17 heavy (non-hydrogen) atoms. The number of aliphatic hydroxyl groups excluding tert-OH is 1. The molecule has 2 rings (SSSR count). The van der Waals surface area contributed by atoms with Crippen molar-refractivity contribution in [1.29, 1.82) is 0 Å². The lowest BCUT2D eigenvalue weighted by molar-refractivity contribution is 0.210. The van der Waals surface area contributed by atoms with Crippen molar-refractivity contribution >= 4 is 10.0 Å². The van der Waals surface area contributed by atoms with Crippen LogP contribution in [0, 0.1) is 11.8 Å². The molecule has 0 amide bonds. The molecule has 0 saturated carbocycles. The van der Waals surface area contributed by atoms with Gasteiger partial charge < -0.3 is 5.11 Å². The maximum atomic E-state index is 12.2. The Balaban J connectivity index is 2.23. The molecule has 6 nitrogen and oxygen atoms in total. The van der Waals surface area contributed by atoms with E-state index in [0.717, 1.165) is 0 Å². The van der Waals surface area contributed by atoms with Crippen molar-refractivity contribution in [2.45, 2.75) is 11.8 Å². The third-order valence-electron chi connectivity index (χ3n) is 3.29. The first-order valence-electron chi connectivity index (χ1n) is 5.55. The zero-order valence-electron chi connectivity index (χ0n) is 9.94. The second-order valence-corrected chi connectivity index (χ2v) is 6.53. The second-order valence-electron chi connectivity index (χ2n) is 4.59. The lowest BCUT2D eigenvalue weighted by Gasteiger charge is -2.14. The summed E-state index contributed by atoms with van der Waals surface area (Å²) in [5, 5.41) is 13.0. The van der Waals surface area contributed by atoms with Gasteiger partial charge in [0.1, 0.15) is 4.90 Å². The maximum absolute atomic E-state index is 12.2. The Morgan fingerprint density at radius 2 is 2.24 bits per heavy atom. The van der Waals surface area contributed by atoms with Gasteiger partial charge in [-0.25, -0.2) is 8.42 Å². The van der Waals surface area contributed by atoms with E-state index in [4.69, 9.17) is 5.11 Å². The Hall–Kier alpha value is -0.920. The predicted octanol–water partition coefficient (Wildman–Crippen LogP) is -0.331. The fourth-order valence-electron chi connectivity index (χ4n) is 2.10. The molecule has 1 fully saturated rings. The molecule has 1 aromatic heterocycles. The molecule has 7 heteroatoms. The highest BCUT2D eigenvalue weighted by molar-refractivity contribution is 7.89. The Bertz CT molecular complexity index is 497. The van der Waals surface area contributed by atoms with Crippen LogP contribution in [-0.2, 0) is 17.1 Å². The molecule has 0 aromatic carbocycles. The molecule has 2 heterocycles. The highest BCUT2D eigenvalue weighted by Gasteiger charge is 2.37. The molecule has 0 aliphatic carbocycles. The van der Waals surface area contributed by atoms with Gasteiger partial charge in [-0.05, 0) is 11.8 Å². The Morgan fingerprint density at radius 3 is 2.71 bits per heavy atom. The molecular weight excluding hydrogens is 242 g/mol. The largest absolute Gasteiger partial charge is 0.396 e. The van der Waals surface area contributed by atoms with Crippen LogP contribution in [0.2, 0.25) is 0 Å². The quantitative estimate of drug-likeness (QED) is 0.806. The van der Waals surface area contributed by atoms with Crippen molar-refractivity contribution in [3.8, 4) is 0 Å². The molecule has 0 spiro atoms. The average molecular weight is 259 g/mol. The molecule has 1 N–H and O–H groups in total. The van der Waals surface area contributed by atoms with E-state index in [1.807, 2.05) is 6.92 Å². The molecule has 1 aromatic rings. The number of aromatic nitrogens is 2. The average Bonchev–Trinajstić information content (AvgIpc) is 2.85. The summed E-state index contributed by atoms with van der Waals surface area (Å²) in [6.07, 6.45) is 2.85. The molecule has 0 unspecified atom stereocenters. The Labute approximate surface area is 101 Å². The van der Waals surface area contributed by atoms with Crippen LogP contribution in [0.4, 0.5) is 0 Å².